The van der Waals surface area contributed by atoms with Crippen LogP contribution in [0.1, 0.15) is 15.2 Å². The molecule has 2 rings (SSSR count). The number of pyridine rings is 1. The zero-order chi connectivity index (χ0) is 13.7. The van der Waals surface area contributed by atoms with Gasteiger partial charge in [0.2, 0.25) is 0 Å². The minimum Gasteiger partial charge on any atom is -0.341 e. The van der Waals surface area contributed by atoms with Crippen LogP contribution in [0.5, 0.6) is 0 Å². The van der Waals surface area contributed by atoms with Crippen molar-refractivity contribution in [2.24, 2.45) is 5.84 Å². The highest BCUT2D eigenvalue weighted by Gasteiger charge is 2.12. The number of nitrogens with zero attached hydrogens (tertiary/aromatic N) is 2. The third-order valence-electron chi connectivity index (χ3n) is 2.78. The van der Waals surface area contributed by atoms with Gasteiger partial charge in [0.05, 0.1) is 0 Å². The maximum absolute atomic E-state index is 12.2. The molecule has 3 N–H and O–H groups in total. The van der Waals surface area contributed by atoms with E-state index in [1.165, 1.54) is 4.88 Å². The molecular formula is C13H16N4OS. The number of rotatable bonds is 5. The Bertz CT molecular complexity index is 541. The number of aromatic nitrogens is 1. The van der Waals surface area contributed by atoms with E-state index in [1.54, 1.807) is 41.6 Å². The monoisotopic (exact) mass is 276 g/mol. The Balaban J connectivity index is 1.97. The van der Waals surface area contributed by atoms with Gasteiger partial charge in [-0.3, -0.25) is 4.79 Å². The van der Waals surface area contributed by atoms with Crippen LogP contribution >= 0.6 is 11.3 Å². The van der Waals surface area contributed by atoms with Crippen LogP contribution < -0.4 is 11.3 Å². The molecule has 0 fully saturated rings. The number of anilines is 1. The molecule has 100 valence electrons. The molecule has 0 bridgehead atoms. The molecule has 0 aromatic carbocycles. The minimum atomic E-state index is -0.0320. The Morgan fingerprint density at radius 3 is 3.05 bits per heavy atom. The van der Waals surface area contributed by atoms with Crippen molar-refractivity contribution >= 4 is 23.1 Å². The Morgan fingerprint density at radius 2 is 2.37 bits per heavy atom. The highest BCUT2D eigenvalue weighted by atomic mass is 32.1. The fourth-order valence-corrected chi connectivity index (χ4v) is 2.40. The van der Waals surface area contributed by atoms with E-state index >= 15 is 0 Å². The van der Waals surface area contributed by atoms with Crippen molar-refractivity contribution in [1.82, 2.24) is 9.88 Å². The van der Waals surface area contributed by atoms with E-state index in [9.17, 15) is 4.79 Å². The van der Waals surface area contributed by atoms with Gasteiger partial charge in [0.25, 0.3) is 5.91 Å². The number of nitrogens with one attached hydrogen (secondary N) is 1. The fourth-order valence-electron chi connectivity index (χ4n) is 1.70. The van der Waals surface area contributed by atoms with Crippen molar-refractivity contribution in [1.29, 1.82) is 0 Å². The lowest BCUT2D eigenvalue weighted by Crippen LogP contribution is -2.28. The second kappa shape index (κ2) is 6.31. The average molecular weight is 276 g/mol. The van der Waals surface area contributed by atoms with Crippen molar-refractivity contribution in [3.63, 3.8) is 0 Å². The van der Waals surface area contributed by atoms with Gasteiger partial charge in [0, 0.05) is 30.2 Å². The summed E-state index contributed by atoms with van der Waals surface area (Å²) in [7, 11) is 1.80. The Labute approximate surface area is 116 Å². The predicted octanol–water partition coefficient (Wildman–Crippen LogP) is 1.74. The third-order valence-corrected chi connectivity index (χ3v) is 3.71. The van der Waals surface area contributed by atoms with Crippen molar-refractivity contribution < 1.29 is 4.79 Å². The first kappa shape index (κ1) is 13.5. The van der Waals surface area contributed by atoms with Crippen LogP contribution in [0, 0.1) is 0 Å². The lowest BCUT2D eigenvalue weighted by atomic mass is 10.2. The predicted molar refractivity (Wildman–Crippen MR) is 77.0 cm³/mol. The number of hydrazine groups is 1. The molecule has 0 aliphatic carbocycles. The molecule has 0 aliphatic rings. The molecule has 2 aromatic rings. The van der Waals surface area contributed by atoms with Crippen molar-refractivity contribution in [2.45, 2.75) is 6.42 Å². The van der Waals surface area contributed by atoms with Crippen LogP contribution in [0.15, 0.2) is 35.8 Å². The summed E-state index contributed by atoms with van der Waals surface area (Å²) in [6.07, 6.45) is 2.43. The zero-order valence-electron chi connectivity index (χ0n) is 10.7. The molecule has 0 aliphatic heterocycles. The minimum absolute atomic E-state index is 0.0320. The molecule has 0 unspecified atom stereocenters. The van der Waals surface area contributed by atoms with Gasteiger partial charge in [-0.15, -0.1) is 11.3 Å². The summed E-state index contributed by atoms with van der Waals surface area (Å²) < 4.78 is 0. The molecule has 6 heteroatoms. The van der Waals surface area contributed by atoms with Crippen LogP contribution in [-0.2, 0) is 6.42 Å². The van der Waals surface area contributed by atoms with E-state index < -0.39 is 0 Å². The first-order valence-corrected chi connectivity index (χ1v) is 6.79. The van der Waals surface area contributed by atoms with Crippen LogP contribution in [-0.4, -0.2) is 29.4 Å². The van der Waals surface area contributed by atoms with Crippen LogP contribution in [0.4, 0.5) is 5.82 Å². The number of nitrogens with two attached hydrogens (primary N) is 1. The molecule has 2 heterocycles. The topological polar surface area (TPSA) is 71.2 Å². The maximum atomic E-state index is 12.2. The number of hydrogen-bond donors (Lipinski definition) is 2. The molecule has 0 saturated heterocycles. The van der Waals surface area contributed by atoms with Gasteiger partial charge in [-0.1, -0.05) is 6.07 Å². The second-order valence-electron chi connectivity index (χ2n) is 4.13. The van der Waals surface area contributed by atoms with Crippen molar-refractivity contribution in [3.8, 4) is 0 Å². The fraction of sp³-hybridized carbons (Fsp3) is 0.231. The first-order chi connectivity index (χ1) is 9.20. The highest BCUT2D eigenvalue weighted by molar-refractivity contribution is 7.09. The van der Waals surface area contributed by atoms with Gasteiger partial charge in [-0.05, 0) is 30.0 Å². The van der Waals surface area contributed by atoms with Gasteiger partial charge in [-0.25, -0.2) is 10.8 Å². The molecule has 2 aromatic heterocycles. The van der Waals surface area contributed by atoms with Gasteiger partial charge in [-0.2, -0.15) is 0 Å². The summed E-state index contributed by atoms with van der Waals surface area (Å²) in [5, 5.41) is 2.04. The Kier molecular flexibility index (Phi) is 4.48. The van der Waals surface area contributed by atoms with Gasteiger partial charge in [0.1, 0.15) is 5.82 Å². The average Bonchev–Trinajstić information content (AvgIpc) is 2.97. The van der Waals surface area contributed by atoms with E-state index in [4.69, 9.17) is 5.84 Å². The summed E-state index contributed by atoms with van der Waals surface area (Å²) in [5.74, 6) is 5.73. The maximum Gasteiger partial charge on any atom is 0.253 e. The summed E-state index contributed by atoms with van der Waals surface area (Å²) >= 11 is 1.70. The summed E-state index contributed by atoms with van der Waals surface area (Å²) in [6, 6.07) is 7.42. The molecular weight excluding hydrogens is 260 g/mol. The second-order valence-corrected chi connectivity index (χ2v) is 5.16. The summed E-state index contributed by atoms with van der Waals surface area (Å²) in [6.45, 7) is 0.688. The Hall–Kier alpha value is -1.92. The van der Waals surface area contributed by atoms with Gasteiger partial charge >= 0.3 is 0 Å². The smallest absolute Gasteiger partial charge is 0.253 e. The lowest BCUT2D eigenvalue weighted by Gasteiger charge is -2.17. The number of nitrogen functional groups attached to an aromatic ring is 1. The Morgan fingerprint density at radius 1 is 1.53 bits per heavy atom. The largest absolute Gasteiger partial charge is 0.341 e. The molecule has 0 spiro atoms. The number of likely N-dealkylation sites (N-methyl/N-ethyl adjacent to an activating group) is 1. The molecule has 19 heavy (non-hydrogen) atoms. The summed E-state index contributed by atoms with van der Waals surface area (Å²) in [5.41, 5.74) is 3.02. The van der Waals surface area contributed by atoms with Gasteiger partial charge in [0.15, 0.2) is 0 Å². The summed E-state index contributed by atoms with van der Waals surface area (Å²) in [4.78, 5) is 19.2. The zero-order valence-corrected chi connectivity index (χ0v) is 11.5. The van der Waals surface area contributed by atoms with Crippen molar-refractivity contribution in [3.05, 3.63) is 46.3 Å². The third kappa shape index (κ3) is 3.52. The number of carbonyl (C=O) groups excluding carboxylic acids is 1. The number of thiophene rings is 1. The standard InChI is InChI=1S/C13H16N4OS/c1-17(7-5-11-3-2-8-19-11)13(18)10-4-6-15-12(9-10)16-14/h2-4,6,8-9H,5,7,14H2,1H3,(H,15,16). The molecule has 5 nitrogen and oxygen atoms in total. The van der Waals surface area contributed by atoms with E-state index in [2.05, 4.69) is 16.5 Å². The molecule has 0 saturated carbocycles. The molecule has 0 radical (unpaired) electrons. The number of hydrogen-bond acceptors (Lipinski definition) is 5. The SMILES string of the molecule is CN(CCc1cccs1)C(=O)c1ccnc(NN)c1. The molecule has 0 atom stereocenters. The normalized spacial score (nSPS) is 10.2. The van der Waals surface area contributed by atoms with Crippen LogP contribution in [0.25, 0.3) is 0 Å². The highest BCUT2D eigenvalue weighted by Crippen LogP contribution is 2.11. The van der Waals surface area contributed by atoms with E-state index in [1.807, 2.05) is 11.4 Å². The van der Waals surface area contributed by atoms with Gasteiger partial charge < -0.3 is 10.3 Å². The molecule has 1 amide bonds. The van der Waals surface area contributed by atoms with E-state index in [-0.39, 0.29) is 5.91 Å². The lowest BCUT2D eigenvalue weighted by molar-refractivity contribution is 0.0797. The van der Waals surface area contributed by atoms with Crippen LogP contribution in [0.3, 0.4) is 0 Å². The van der Waals surface area contributed by atoms with E-state index in [0.29, 0.717) is 17.9 Å². The van der Waals surface area contributed by atoms with Crippen LogP contribution in [0.2, 0.25) is 0 Å². The first-order valence-electron chi connectivity index (χ1n) is 5.91. The van der Waals surface area contributed by atoms with Crippen molar-refractivity contribution in [2.75, 3.05) is 19.0 Å². The quantitative estimate of drug-likeness (QED) is 0.644. The number of carbonyl (C=O) groups is 1. The number of amides is 1. The van der Waals surface area contributed by atoms with E-state index in [0.717, 1.165) is 6.42 Å².